The van der Waals surface area contributed by atoms with Crippen LogP contribution in [-0.4, -0.2) is 65.4 Å². The molecule has 0 amide bonds. The summed E-state index contributed by atoms with van der Waals surface area (Å²) in [7, 11) is 1.97. The molecule has 0 spiro atoms. The minimum atomic E-state index is -0.000334. The van der Waals surface area contributed by atoms with Gasteiger partial charge in [-0.25, -0.2) is 0 Å². The third kappa shape index (κ3) is 24.9. The van der Waals surface area contributed by atoms with Crippen LogP contribution in [0.4, 0.5) is 0 Å². The third-order valence-corrected chi connectivity index (χ3v) is 6.19. The van der Waals surface area contributed by atoms with Crippen LogP contribution in [0, 0.1) is 0 Å². The second kappa shape index (κ2) is 29.0. The lowest BCUT2D eigenvalue weighted by Crippen LogP contribution is -2.35. The van der Waals surface area contributed by atoms with Gasteiger partial charge in [-0.2, -0.15) is 0 Å². The summed E-state index contributed by atoms with van der Waals surface area (Å²) in [5.41, 5.74) is 0. The van der Waals surface area contributed by atoms with Crippen molar-refractivity contribution in [3.8, 4) is 0 Å². The van der Waals surface area contributed by atoms with E-state index in [1.165, 1.54) is 83.5 Å². The lowest BCUT2D eigenvalue weighted by atomic mass is 10.1. The van der Waals surface area contributed by atoms with E-state index in [0.717, 1.165) is 45.6 Å². The van der Waals surface area contributed by atoms with Crippen LogP contribution in [0.3, 0.4) is 0 Å². The average molecular weight is 488 g/mol. The number of nitrogens with one attached hydrogen (secondary N) is 1. The Labute approximate surface area is 213 Å². The van der Waals surface area contributed by atoms with E-state index in [2.05, 4.69) is 26.1 Å². The second-order valence-electron chi connectivity index (χ2n) is 9.75. The van der Waals surface area contributed by atoms with E-state index in [1.807, 2.05) is 7.05 Å². The van der Waals surface area contributed by atoms with Crippen molar-refractivity contribution in [2.24, 2.45) is 0 Å². The minimum absolute atomic E-state index is 0.000334. The predicted octanol–water partition coefficient (Wildman–Crippen LogP) is 7.31. The molecule has 0 aliphatic carbocycles. The molecule has 206 valence electrons. The van der Waals surface area contributed by atoms with E-state index in [-0.39, 0.29) is 12.2 Å². The molecule has 0 aliphatic rings. The molecule has 34 heavy (non-hydrogen) atoms. The summed E-state index contributed by atoms with van der Waals surface area (Å²) in [6.07, 6.45) is 20.4. The second-order valence-corrected chi connectivity index (χ2v) is 9.75. The van der Waals surface area contributed by atoms with Crippen LogP contribution in [0.25, 0.3) is 0 Å². The van der Waals surface area contributed by atoms with E-state index in [0.29, 0.717) is 19.8 Å². The molecule has 0 rings (SSSR count). The average Bonchev–Trinajstić information content (AvgIpc) is 2.84. The summed E-state index contributed by atoms with van der Waals surface area (Å²) < 4.78 is 24.3. The van der Waals surface area contributed by atoms with Crippen molar-refractivity contribution < 1.29 is 18.9 Å². The molecule has 0 radical (unpaired) electrons. The van der Waals surface area contributed by atoms with Crippen LogP contribution in [0.15, 0.2) is 0 Å². The van der Waals surface area contributed by atoms with Crippen LogP contribution < -0.4 is 5.32 Å². The molecule has 0 aliphatic heterocycles. The Hall–Kier alpha value is -0.200. The summed E-state index contributed by atoms with van der Waals surface area (Å²) in [5.74, 6) is 0. The fraction of sp³-hybridized carbons (Fsp3) is 1.00. The number of hydrogen-bond acceptors (Lipinski definition) is 5. The van der Waals surface area contributed by atoms with Crippen molar-refractivity contribution in [3.05, 3.63) is 0 Å². The number of ether oxygens (including phenoxy) is 4. The first-order valence-electron chi connectivity index (χ1n) is 14.8. The highest BCUT2D eigenvalue weighted by atomic mass is 16.6. The van der Waals surface area contributed by atoms with E-state index in [9.17, 15) is 0 Å². The fourth-order valence-corrected chi connectivity index (χ4v) is 3.96. The molecule has 2 unspecified atom stereocenters. The first kappa shape index (κ1) is 33.8. The number of hydrogen-bond donors (Lipinski definition) is 1. The molecule has 0 saturated heterocycles. The minimum Gasteiger partial charge on any atom is -0.379 e. The number of rotatable bonds is 29. The van der Waals surface area contributed by atoms with Gasteiger partial charge in [-0.3, -0.25) is 0 Å². The van der Waals surface area contributed by atoms with Crippen molar-refractivity contribution in [3.63, 3.8) is 0 Å². The Morgan fingerprint density at radius 1 is 0.471 bits per heavy atom. The van der Waals surface area contributed by atoms with Gasteiger partial charge >= 0.3 is 0 Å². The molecule has 0 aromatic carbocycles. The molecular weight excluding hydrogens is 426 g/mol. The molecule has 0 heterocycles. The maximum Gasteiger partial charge on any atom is 0.104 e. The largest absolute Gasteiger partial charge is 0.379 e. The highest BCUT2D eigenvalue weighted by Crippen LogP contribution is 2.08. The van der Waals surface area contributed by atoms with E-state index >= 15 is 0 Å². The summed E-state index contributed by atoms with van der Waals surface area (Å²) in [5, 5.41) is 3.24. The fourth-order valence-electron chi connectivity index (χ4n) is 3.96. The van der Waals surface area contributed by atoms with Crippen LogP contribution >= 0.6 is 0 Å². The Bertz CT molecular complexity index is 370. The highest BCUT2D eigenvalue weighted by Gasteiger charge is 2.15. The van der Waals surface area contributed by atoms with E-state index < -0.39 is 0 Å². The monoisotopic (exact) mass is 487 g/mol. The van der Waals surface area contributed by atoms with Gasteiger partial charge in [-0.1, -0.05) is 104 Å². The Balaban J connectivity index is 4.17. The van der Waals surface area contributed by atoms with Gasteiger partial charge in [0, 0.05) is 26.4 Å². The topological polar surface area (TPSA) is 49.0 Å². The number of unbranched alkanes of at least 4 members (excludes halogenated alkanes) is 13. The molecule has 0 aromatic rings. The van der Waals surface area contributed by atoms with Crippen LogP contribution in [0.5, 0.6) is 0 Å². The molecule has 1 N–H and O–H groups in total. The molecule has 0 bridgehead atoms. The zero-order valence-electron chi connectivity index (χ0n) is 23.6. The molecule has 5 nitrogen and oxygen atoms in total. The smallest absolute Gasteiger partial charge is 0.104 e. The maximum atomic E-state index is 6.21. The van der Waals surface area contributed by atoms with E-state index in [1.54, 1.807) is 0 Å². The molecule has 0 fully saturated rings. The van der Waals surface area contributed by atoms with Gasteiger partial charge in [0.1, 0.15) is 6.10 Å². The molecule has 0 aromatic heterocycles. The highest BCUT2D eigenvalue weighted by molar-refractivity contribution is 4.64. The van der Waals surface area contributed by atoms with Crippen molar-refractivity contribution in [1.29, 1.82) is 0 Å². The summed E-state index contributed by atoms with van der Waals surface area (Å²) in [6.45, 7) is 11.8. The van der Waals surface area contributed by atoms with Crippen LogP contribution in [0.1, 0.15) is 124 Å². The van der Waals surface area contributed by atoms with Crippen molar-refractivity contribution in [2.45, 2.75) is 136 Å². The van der Waals surface area contributed by atoms with Gasteiger partial charge in [0.25, 0.3) is 0 Å². The maximum absolute atomic E-state index is 6.21. The Kier molecular flexibility index (Phi) is 28.9. The van der Waals surface area contributed by atoms with Gasteiger partial charge in [0.15, 0.2) is 0 Å². The van der Waals surface area contributed by atoms with Crippen molar-refractivity contribution in [2.75, 3.05) is 53.2 Å². The van der Waals surface area contributed by atoms with Gasteiger partial charge in [0.2, 0.25) is 0 Å². The summed E-state index contributed by atoms with van der Waals surface area (Å²) >= 11 is 0. The van der Waals surface area contributed by atoms with Gasteiger partial charge in [-0.15, -0.1) is 0 Å². The first-order chi connectivity index (χ1) is 16.8. The van der Waals surface area contributed by atoms with Crippen LogP contribution in [-0.2, 0) is 18.9 Å². The standard InChI is InChI=1S/C29H61NO4/c1-5-8-11-14-16-18-21-31-25-28(24-30-4)34-27-29(33-23-20-13-10-7-3)26-32-22-19-17-15-12-9-6-2/h28-30H,5-27H2,1-4H3. The van der Waals surface area contributed by atoms with E-state index in [4.69, 9.17) is 18.9 Å². The molecule has 5 heteroatoms. The summed E-state index contributed by atoms with van der Waals surface area (Å²) in [4.78, 5) is 0. The molecule has 2 atom stereocenters. The zero-order valence-corrected chi connectivity index (χ0v) is 23.6. The SMILES string of the molecule is CCCCCCCCOCC(CNC)OCC(COCCCCCCCC)OCCCCCC. The van der Waals surface area contributed by atoms with Gasteiger partial charge in [0.05, 0.1) is 25.9 Å². The zero-order chi connectivity index (χ0) is 25.0. The van der Waals surface area contributed by atoms with Crippen LogP contribution in [0.2, 0.25) is 0 Å². The normalized spacial score (nSPS) is 13.4. The van der Waals surface area contributed by atoms with Gasteiger partial charge in [-0.05, 0) is 26.3 Å². The summed E-state index contributed by atoms with van der Waals surface area (Å²) in [6, 6.07) is 0. The third-order valence-electron chi connectivity index (χ3n) is 6.19. The lowest BCUT2D eigenvalue weighted by Gasteiger charge is -2.23. The Morgan fingerprint density at radius 3 is 1.44 bits per heavy atom. The number of likely N-dealkylation sites (N-methyl/N-ethyl adjacent to an activating group) is 1. The van der Waals surface area contributed by atoms with Crippen molar-refractivity contribution in [1.82, 2.24) is 5.32 Å². The lowest BCUT2D eigenvalue weighted by molar-refractivity contribution is -0.0916. The quantitative estimate of drug-likeness (QED) is 0.112. The predicted molar refractivity (Wildman–Crippen MR) is 146 cm³/mol. The Morgan fingerprint density at radius 2 is 0.912 bits per heavy atom. The molecular formula is C29H61NO4. The van der Waals surface area contributed by atoms with Gasteiger partial charge < -0.3 is 24.3 Å². The molecule has 0 saturated carbocycles. The van der Waals surface area contributed by atoms with Crippen molar-refractivity contribution >= 4 is 0 Å². The first-order valence-corrected chi connectivity index (χ1v) is 14.8.